The fraction of sp³-hybridized carbons (Fsp3) is 0.188. The molecule has 0 saturated carbocycles. The van der Waals surface area contributed by atoms with E-state index >= 15 is 0 Å². The molecular weight excluding hydrogens is 292 g/mol. The van der Waals surface area contributed by atoms with Crippen molar-refractivity contribution in [3.63, 3.8) is 0 Å². The molecule has 2 N–H and O–H groups in total. The number of anilines is 1. The van der Waals surface area contributed by atoms with Gasteiger partial charge in [0, 0.05) is 36.0 Å². The Kier molecular flexibility index (Phi) is 3.30. The molecule has 0 unspecified atom stereocenters. The lowest BCUT2D eigenvalue weighted by molar-refractivity contribution is 0.102. The van der Waals surface area contributed by atoms with Crippen LogP contribution in [-0.2, 0) is 12.8 Å². The molecule has 0 fully saturated rings. The fourth-order valence-corrected chi connectivity index (χ4v) is 2.88. The Balaban J connectivity index is 1.76. The summed E-state index contributed by atoms with van der Waals surface area (Å²) >= 11 is 0. The van der Waals surface area contributed by atoms with E-state index in [0.717, 1.165) is 41.8 Å². The molecular formula is C16H14N6O. The largest absolute Gasteiger partial charge is 0.364 e. The number of carbonyl (C=O) groups is 1. The van der Waals surface area contributed by atoms with E-state index in [9.17, 15) is 4.79 Å². The molecule has 4 rings (SSSR count). The maximum atomic E-state index is 12.6. The zero-order valence-electron chi connectivity index (χ0n) is 12.3. The SMILES string of the molecule is O=C(Nc1cnccn1)c1c[nH]c2c1-c1ncncc1CCC2. The molecule has 3 aromatic rings. The summed E-state index contributed by atoms with van der Waals surface area (Å²) in [6, 6.07) is 0. The number of hydrogen-bond donors (Lipinski definition) is 2. The first-order chi connectivity index (χ1) is 11.3. The molecule has 23 heavy (non-hydrogen) atoms. The van der Waals surface area contributed by atoms with Crippen LogP contribution in [0.2, 0.25) is 0 Å². The monoisotopic (exact) mass is 306 g/mol. The van der Waals surface area contributed by atoms with Crippen molar-refractivity contribution in [1.29, 1.82) is 0 Å². The molecule has 1 amide bonds. The first-order valence-corrected chi connectivity index (χ1v) is 7.40. The minimum Gasteiger partial charge on any atom is -0.364 e. The summed E-state index contributed by atoms with van der Waals surface area (Å²) in [5.41, 5.74) is 4.36. The van der Waals surface area contributed by atoms with Gasteiger partial charge in [0.25, 0.3) is 5.91 Å². The molecule has 0 spiro atoms. The minimum absolute atomic E-state index is 0.227. The van der Waals surface area contributed by atoms with Gasteiger partial charge in [0.05, 0.1) is 17.5 Å². The van der Waals surface area contributed by atoms with Crippen LogP contribution in [0, 0.1) is 0 Å². The Morgan fingerprint density at radius 3 is 2.96 bits per heavy atom. The molecule has 0 bridgehead atoms. The Labute approximate surface area is 132 Å². The van der Waals surface area contributed by atoms with E-state index in [1.165, 1.54) is 18.7 Å². The highest BCUT2D eigenvalue weighted by Crippen LogP contribution is 2.33. The first kappa shape index (κ1) is 13.6. The molecule has 7 heteroatoms. The fourth-order valence-electron chi connectivity index (χ4n) is 2.88. The van der Waals surface area contributed by atoms with Crippen molar-refractivity contribution in [3.8, 4) is 11.3 Å². The number of aryl methyl sites for hydroxylation is 2. The molecule has 114 valence electrons. The Hall–Kier alpha value is -3.09. The van der Waals surface area contributed by atoms with Gasteiger partial charge in [-0.3, -0.25) is 9.78 Å². The number of aromatic amines is 1. The van der Waals surface area contributed by atoms with Crippen LogP contribution in [0.5, 0.6) is 0 Å². The van der Waals surface area contributed by atoms with Crippen LogP contribution in [0.3, 0.4) is 0 Å². The maximum Gasteiger partial charge on any atom is 0.259 e. The predicted octanol–water partition coefficient (Wildman–Crippen LogP) is 2.00. The van der Waals surface area contributed by atoms with Crippen LogP contribution in [0.4, 0.5) is 5.82 Å². The molecule has 7 nitrogen and oxygen atoms in total. The number of rotatable bonds is 2. The van der Waals surface area contributed by atoms with Crippen molar-refractivity contribution in [1.82, 2.24) is 24.9 Å². The van der Waals surface area contributed by atoms with Crippen LogP contribution < -0.4 is 5.32 Å². The lowest BCUT2D eigenvalue weighted by atomic mass is 10.0. The van der Waals surface area contributed by atoms with Crippen molar-refractivity contribution >= 4 is 11.7 Å². The highest BCUT2D eigenvalue weighted by Gasteiger charge is 2.24. The molecule has 0 atom stereocenters. The number of aromatic nitrogens is 5. The van der Waals surface area contributed by atoms with Crippen LogP contribution in [-0.4, -0.2) is 30.8 Å². The van der Waals surface area contributed by atoms with E-state index in [1.54, 1.807) is 12.4 Å². The van der Waals surface area contributed by atoms with Crippen LogP contribution in [0.1, 0.15) is 28.0 Å². The van der Waals surface area contributed by atoms with Crippen molar-refractivity contribution in [2.75, 3.05) is 5.32 Å². The Bertz CT molecular complexity index is 858. The normalized spacial score (nSPS) is 12.9. The standard InChI is InChI=1S/C16H14N6O/c23-16(22-13-8-17-4-5-19-13)11-7-20-12-3-1-2-10-6-18-9-21-15(10)14(11)12/h4-9,20H,1-3H2,(H,19,22,23). The van der Waals surface area contributed by atoms with Crippen LogP contribution in [0.15, 0.2) is 37.3 Å². The third-order valence-corrected chi connectivity index (χ3v) is 3.91. The predicted molar refractivity (Wildman–Crippen MR) is 83.8 cm³/mol. The molecule has 0 saturated heterocycles. The number of fused-ring (bicyclic) bond motifs is 3. The van der Waals surface area contributed by atoms with Gasteiger partial charge in [-0.2, -0.15) is 0 Å². The van der Waals surface area contributed by atoms with E-state index < -0.39 is 0 Å². The van der Waals surface area contributed by atoms with Crippen LogP contribution >= 0.6 is 0 Å². The van der Waals surface area contributed by atoms with Gasteiger partial charge >= 0.3 is 0 Å². The van der Waals surface area contributed by atoms with Crippen molar-refractivity contribution in [2.24, 2.45) is 0 Å². The highest BCUT2D eigenvalue weighted by atomic mass is 16.1. The first-order valence-electron chi connectivity index (χ1n) is 7.40. The smallest absolute Gasteiger partial charge is 0.259 e. The summed E-state index contributed by atoms with van der Waals surface area (Å²) in [7, 11) is 0. The third-order valence-electron chi connectivity index (χ3n) is 3.91. The average molecular weight is 306 g/mol. The maximum absolute atomic E-state index is 12.6. The molecule has 1 aliphatic rings. The second kappa shape index (κ2) is 5.60. The second-order valence-corrected chi connectivity index (χ2v) is 5.35. The topological polar surface area (TPSA) is 96.5 Å². The van der Waals surface area contributed by atoms with E-state index in [-0.39, 0.29) is 5.91 Å². The van der Waals surface area contributed by atoms with Gasteiger partial charge in [0.2, 0.25) is 0 Å². The second-order valence-electron chi connectivity index (χ2n) is 5.35. The zero-order chi connectivity index (χ0) is 15.6. The quantitative estimate of drug-likeness (QED) is 0.755. The summed E-state index contributed by atoms with van der Waals surface area (Å²) < 4.78 is 0. The average Bonchev–Trinajstić information content (AvgIpc) is 2.92. The Morgan fingerprint density at radius 2 is 2.09 bits per heavy atom. The van der Waals surface area contributed by atoms with Gasteiger partial charge in [0.1, 0.15) is 6.33 Å². The van der Waals surface area contributed by atoms with Crippen molar-refractivity contribution in [2.45, 2.75) is 19.3 Å². The highest BCUT2D eigenvalue weighted by molar-refractivity contribution is 6.08. The lowest BCUT2D eigenvalue weighted by Gasteiger charge is -2.08. The van der Waals surface area contributed by atoms with Gasteiger partial charge < -0.3 is 10.3 Å². The van der Waals surface area contributed by atoms with Crippen LogP contribution in [0.25, 0.3) is 11.3 Å². The molecule has 0 radical (unpaired) electrons. The lowest BCUT2D eigenvalue weighted by Crippen LogP contribution is -2.13. The number of H-pyrrole nitrogens is 1. The van der Waals surface area contributed by atoms with Gasteiger partial charge in [-0.1, -0.05) is 0 Å². The van der Waals surface area contributed by atoms with Crippen molar-refractivity contribution < 1.29 is 4.79 Å². The minimum atomic E-state index is -0.227. The van der Waals surface area contributed by atoms with E-state index in [1.807, 2.05) is 6.20 Å². The number of amides is 1. The number of hydrogen-bond acceptors (Lipinski definition) is 5. The zero-order valence-corrected chi connectivity index (χ0v) is 12.3. The molecule has 3 aromatic heterocycles. The molecule has 3 heterocycles. The van der Waals surface area contributed by atoms with Gasteiger partial charge in [0.15, 0.2) is 5.82 Å². The molecule has 0 aliphatic heterocycles. The molecule has 0 aromatic carbocycles. The van der Waals surface area contributed by atoms with Crippen molar-refractivity contribution in [3.05, 3.63) is 54.1 Å². The number of nitrogens with zero attached hydrogens (tertiary/aromatic N) is 4. The summed E-state index contributed by atoms with van der Waals surface area (Å²) in [4.78, 5) is 32.4. The number of carbonyl (C=O) groups excluding carboxylic acids is 1. The Morgan fingerprint density at radius 1 is 1.13 bits per heavy atom. The summed E-state index contributed by atoms with van der Waals surface area (Å²) in [5, 5.41) is 2.77. The van der Waals surface area contributed by atoms with E-state index in [2.05, 4.69) is 30.2 Å². The molecule has 1 aliphatic carbocycles. The summed E-state index contributed by atoms with van der Waals surface area (Å²) in [6.07, 6.45) is 12.5. The number of nitrogens with one attached hydrogen (secondary N) is 2. The van der Waals surface area contributed by atoms with Gasteiger partial charge in [-0.05, 0) is 24.8 Å². The third kappa shape index (κ3) is 2.46. The van der Waals surface area contributed by atoms with E-state index in [0.29, 0.717) is 11.4 Å². The summed E-state index contributed by atoms with van der Waals surface area (Å²) in [5.74, 6) is 0.193. The van der Waals surface area contributed by atoms with Gasteiger partial charge in [-0.25, -0.2) is 15.0 Å². The van der Waals surface area contributed by atoms with E-state index in [4.69, 9.17) is 0 Å². The van der Waals surface area contributed by atoms with Gasteiger partial charge in [-0.15, -0.1) is 0 Å². The summed E-state index contributed by atoms with van der Waals surface area (Å²) in [6.45, 7) is 0.